The minimum atomic E-state index is 0.265. The Bertz CT molecular complexity index is 346. The second kappa shape index (κ2) is 5.85. The van der Waals surface area contributed by atoms with Gasteiger partial charge in [-0.15, -0.1) is 0 Å². The summed E-state index contributed by atoms with van der Waals surface area (Å²) in [7, 11) is 0. The highest BCUT2D eigenvalue weighted by atomic mass is 35.5. The number of hydrogen-bond donors (Lipinski definition) is 2. The van der Waals surface area contributed by atoms with Crippen LogP contribution in [0.25, 0.3) is 0 Å². The minimum Gasteiger partial charge on any atom is -0.396 e. The predicted octanol–water partition coefficient (Wildman–Crippen LogP) is 2.95. The number of hydrogen-bond acceptors (Lipinski definition) is 2. The van der Waals surface area contributed by atoms with Gasteiger partial charge in [0.15, 0.2) is 0 Å². The Kier molecular flexibility index (Phi) is 4.43. The van der Waals surface area contributed by atoms with Gasteiger partial charge in [0, 0.05) is 23.7 Å². The molecule has 2 N–H and O–H groups in total. The Morgan fingerprint density at radius 2 is 2.00 bits per heavy atom. The van der Waals surface area contributed by atoms with E-state index in [9.17, 15) is 0 Å². The van der Waals surface area contributed by atoms with Gasteiger partial charge >= 0.3 is 0 Å². The van der Waals surface area contributed by atoms with E-state index in [1.807, 2.05) is 12.1 Å². The van der Waals surface area contributed by atoms with Crippen LogP contribution >= 0.6 is 11.6 Å². The van der Waals surface area contributed by atoms with Crippen molar-refractivity contribution >= 4 is 11.6 Å². The Morgan fingerprint density at radius 3 is 2.59 bits per heavy atom. The van der Waals surface area contributed by atoms with Crippen molar-refractivity contribution in [2.24, 2.45) is 0 Å². The first-order valence-corrected chi connectivity index (χ1v) is 6.69. The number of halogens is 1. The molecule has 0 bridgehead atoms. The fraction of sp³-hybridized carbons (Fsp3) is 0.571. The molecule has 1 unspecified atom stereocenters. The van der Waals surface area contributed by atoms with Gasteiger partial charge in [-0.3, -0.25) is 0 Å². The van der Waals surface area contributed by atoms with E-state index in [2.05, 4.69) is 24.4 Å². The maximum Gasteiger partial charge on any atom is 0.0445 e. The monoisotopic (exact) mass is 253 g/mol. The van der Waals surface area contributed by atoms with Crippen LogP contribution in [0.15, 0.2) is 24.3 Å². The molecule has 1 aromatic rings. The first-order valence-electron chi connectivity index (χ1n) is 6.31. The molecule has 1 aliphatic carbocycles. The van der Waals surface area contributed by atoms with E-state index < -0.39 is 0 Å². The molecule has 1 aliphatic rings. The fourth-order valence-corrected chi connectivity index (χ4v) is 2.57. The SMILES string of the molecule is CC(CCO)NC1CC(c2ccc(Cl)cc2)C1. The van der Waals surface area contributed by atoms with Crippen molar-refractivity contribution in [3.05, 3.63) is 34.9 Å². The number of nitrogens with one attached hydrogen (secondary N) is 1. The first kappa shape index (κ1) is 12.9. The lowest BCUT2D eigenvalue weighted by atomic mass is 9.75. The molecular weight excluding hydrogens is 234 g/mol. The van der Waals surface area contributed by atoms with E-state index in [1.54, 1.807) is 0 Å². The van der Waals surface area contributed by atoms with Crippen molar-refractivity contribution in [3.8, 4) is 0 Å². The highest BCUT2D eigenvalue weighted by Crippen LogP contribution is 2.37. The molecule has 3 heteroatoms. The molecule has 0 saturated heterocycles. The van der Waals surface area contributed by atoms with E-state index in [-0.39, 0.29) is 6.61 Å². The van der Waals surface area contributed by atoms with Gasteiger partial charge in [-0.25, -0.2) is 0 Å². The lowest BCUT2D eigenvalue weighted by Gasteiger charge is -2.38. The molecule has 0 spiro atoms. The smallest absolute Gasteiger partial charge is 0.0445 e. The van der Waals surface area contributed by atoms with Gasteiger partial charge in [0.1, 0.15) is 0 Å². The molecule has 17 heavy (non-hydrogen) atoms. The Labute approximate surface area is 108 Å². The normalized spacial score (nSPS) is 25.4. The van der Waals surface area contributed by atoms with Crippen molar-refractivity contribution in [2.75, 3.05) is 6.61 Å². The van der Waals surface area contributed by atoms with Gasteiger partial charge in [0.25, 0.3) is 0 Å². The van der Waals surface area contributed by atoms with Gasteiger partial charge in [0.05, 0.1) is 0 Å². The molecule has 2 nitrogen and oxygen atoms in total. The summed E-state index contributed by atoms with van der Waals surface area (Å²) >= 11 is 5.87. The third-order valence-electron chi connectivity index (χ3n) is 3.56. The summed E-state index contributed by atoms with van der Waals surface area (Å²) in [6, 6.07) is 9.20. The van der Waals surface area contributed by atoms with Crippen molar-refractivity contribution in [3.63, 3.8) is 0 Å². The van der Waals surface area contributed by atoms with Gasteiger partial charge in [0.2, 0.25) is 0 Å². The zero-order valence-corrected chi connectivity index (χ0v) is 11.0. The molecule has 0 radical (unpaired) electrons. The summed E-state index contributed by atoms with van der Waals surface area (Å²) in [5.74, 6) is 0.672. The molecule has 0 aromatic heterocycles. The molecule has 1 aromatic carbocycles. The van der Waals surface area contributed by atoms with Crippen LogP contribution in [0, 0.1) is 0 Å². The van der Waals surface area contributed by atoms with Crippen LogP contribution in [0.3, 0.4) is 0 Å². The Balaban J connectivity index is 1.77. The van der Waals surface area contributed by atoms with Crippen molar-refractivity contribution in [2.45, 2.75) is 44.2 Å². The number of rotatable bonds is 5. The van der Waals surface area contributed by atoms with Crippen LogP contribution in [-0.2, 0) is 0 Å². The average Bonchev–Trinajstić information content (AvgIpc) is 2.25. The van der Waals surface area contributed by atoms with Crippen LogP contribution in [0.1, 0.15) is 37.7 Å². The molecule has 0 aliphatic heterocycles. The van der Waals surface area contributed by atoms with Crippen molar-refractivity contribution < 1.29 is 5.11 Å². The summed E-state index contributed by atoms with van der Waals surface area (Å²) < 4.78 is 0. The van der Waals surface area contributed by atoms with Gasteiger partial charge < -0.3 is 10.4 Å². The largest absolute Gasteiger partial charge is 0.396 e. The topological polar surface area (TPSA) is 32.3 Å². The van der Waals surface area contributed by atoms with E-state index in [4.69, 9.17) is 16.7 Å². The quantitative estimate of drug-likeness (QED) is 0.846. The summed E-state index contributed by atoms with van der Waals surface area (Å²) in [4.78, 5) is 0. The molecule has 2 rings (SSSR count). The van der Waals surface area contributed by atoms with E-state index in [0.717, 1.165) is 11.4 Å². The van der Waals surface area contributed by atoms with Crippen LogP contribution in [0.2, 0.25) is 5.02 Å². The second-order valence-corrected chi connectivity index (χ2v) is 5.43. The summed E-state index contributed by atoms with van der Waals surface area (Å²) in [6.07, 6.45) is 3.22. The third-order valence-corrected chi connectivity index (χ3v) is 3.81. The van der Waals surface area contributed by atoms with Crippen molar-refractivity contribution in [1.82, 2.24) is 5.32 Å². The average molecular weight is 254 g/mol. The van der Waals surface area contributed by atoms with Gasteiger partial charge in [-0.1, -0.05) is 23.7 Å². The Hall–Kier alpha value is -0.570. The molecule has 94 valence electrons. The standard InChI is InChI=1S/C14H20ClNO/c1-10(6-7-17)16-14-8-12(9-14)11-2-4-13(15)5-3-11/h2-5,10,12,14,16-17H,6-9H2,1H3. The molecule has 0 heterocycles. The highest BCUT2D eigenvalue weighted by Gasteiger charge is 2.30. The summed E-state index contributed by atoms with van der Waals surface area (Å²) in [5.41, 5.74) is 1.39. The zero-order chi connectivity index (χ0) is 12.3. The first-order chi connectivity index (χ1) is 8.19. The van der Waals surface area contributed by atoms with E-state index in [0.29, 0.717) is 18.0 Å². The fourth-order valence-electron chi connectivity index (χ4n) is 2.44. The van der Waals surface area contributed by atoms with Gasteiger partial charge in [-0.2, -0.15) is 0 Å². The minimum absolute atomic E-state index is 0.265. The van der Waals surface area contributed by atoms with E-state index >= 15 is 0 Å². The predicted molar refractivity (Wildman–Crippen MR) is 71.5 cm³/mol. The van der Waals surface area contributed by atoms with Crippen LogP contribution in [0.5, 0.6) is 0 Å². The van der Waals surface area contributed by atoms with Crippen LogP contribution in [-0.4, -0.2) is 23.8 Å². The highest BCUT2D eigenvalue weighted by molar-refractivity contribution is 6.30. The Morgan fingerprint density at radius 1 is 1.35 bits per heavy atom. The number of benzene rings is 1. The van der Waals surface area contributed by atoms with Gasteiger partial charge in [-0.05, 0) is 49.8 Å². The lowest BCUT2D eigenvalue weighted by molar-refractivity contribution is 0.230. The molecule has 1 fully saturated rings. The summed E-state index contributed by atoms with van der Waals surface area (Å²) in [5, 5.41) is 13.2. The number of aliphatic hydroxyl groups is 1. The zero-order valence-electron chi connectivity index (χ0n) is 10.2. The van der Waals surface area contributed by atoms with Crippen LogP contribution in [0.4, 0.5) is 0 Å². The molecule has 1 atom stereocenters. The number of aliphatic hydroxyl groups excluding tert-OH is 1. The van der Waals surface area contributed by atoms with Crippen LogP contribution < -0.4 is 5.32 Å². The molecular formula is C14H20ClNO. The lowest BCUT2D eigenvalue weighted by Crippen LogP contribution is -2.44. The van der Waals surface area contributed by atoms with E-state index in [1.165, 1.54) is 18.4 Å². The molecule has 0 amide bonds. The maximum atomic E-state index is 8.84. The van der Waals surface area contributed by atoms with Crippen molar-refractivity contribution in [1.29, 1.82) is 0 Å². The summed E-state index contributed by atoms with van der Waals surface area (Å²) in [6.45, 7) is 2.40. The second-order valence-electron chi connectivity index (χ2n) is 5.00. The maximum absolute atomic E-state index is 8.84. The third kappa shape index (κ3) is 3.44. The molecule has 1 saturated carbocycles.